The predicted molar refractivity (Wildman–Crippen MR) is 130 cm³/mol. The van der Waals surface area contributed by atoms with Crippen molar-refractivity contribution in [1.29, 1.82) is 0 Å². The maximum absolute atomic E-state index is 12.7. The molecule has 1 saturated heterocycles. The van der Waals surface area contributed by atoms with Crippen LogP contribution in [0.3, 0.4) is 0 Å². The molecule has 0 radical (unpaired) electrons. The number of rotatable bonds is 10. The van der Waals surface area contributed by atoms with Crippen molar-refractivity contribution in [2.45, 2.75) is 4.90 Å². The lowest BCUT2D eigenvalue weighted by Crippen LogP contribution is -2.41. The highest BCUT2D eigenvalue weighted by Gasteiger charge is 2.19. The van der Waals surface area contributed by atoms with Crippen molar-refractivity contribution in [3.05, 3.63) is 77.0 Å². The minimum Gasteiger partial charge on any atom is -0.439 e. The molecule has 2 N–H and O–H groups in total. The van der Waals surface area contributed by atoms with Crippen LogP contribution in [0, 0.1) is 10.1 Å². The fourth-order valence-electron chi connectivity index (χ4n) is 3.48. The van der Waals surface area contributed by atoms with Crippen molar-refractivity contribution in [2.24, 2.45) is 0 Å². The van der Waals surface area contributed by atoms with Gasteiger partial charge in [-0.25, -0.2) is 18.1 Å². The summed E-state index contributed by atoms with van der Waals surface area (Å²) >= 11 is 0. The van der Waals surface area contributed by atoms with E-state index < -0.39 is 14.9 Å². The minimum atomic E-state index is -3.75. The molecule has 0 spiro atoms. The molecule has 0 aliphatic carbocycles. The molecule has 11 nitrogen and oxygen atoms in total. The van der Waals surface area contributed by atoms with Gasteiger partial charge in [0.15, 0.2) is 0 Å². The van der Waals surface area contributed by atoms with Crippen LogP contribution in [0.15, 0.2) is 71.8 Å². The van der Waals surface area contributed by atoms with Gasteiger partial charge in [-0.05, 0) is 24.3 Å². The van der Waals surface area contributed by atoms with Crippen LogP contribution in [0.1, 0.15) is 0 Å². The van der Waals surface area contributed by atoms with Gasteiger partial charge in [-0.3, -0.25) is 15.0 Å². The van der Waals surface area contributed by atoms with E-state index in [-0.39, 0.29) is 34.4 Å². The highest BCUT2D eigenvalue weighted by atomic mass is 32.2. The second-order valence-electron chi connectivity index (χ2n) is 7.72. The van der Waals surface area contributed by atoms with Crippen molar-refractivity contribution in [3.63, 3.8) is 0 Å². The second-order valence-corrected chi connectivity index (χ2v) is 9.48. The lowest BCUT2D eigenvalue weighted by atomic mass is 10.3. The zero-order valence-corrected chi connectivity index (χ0v) is 19.6. The average Bonchev–Trinajstić information content (AvgIpc) is 2.85. The fraction of sp³-hybridized carbons (Fsp3) is 0.261. The lowest BCUT2D eigenvalue weighted by molar-refractivity contribution is -0.384. The number of nitro groups is 1. The Hall–Kier alpha value is -3.58. The maximum Gasteiger partial charge on any atom is 0.311 e. The third-order valence-electron chi connectivity index (χ3n) is 5.27. The first-order chi connectivity index (χ1) is 16.9. The molecule has 0 unspecified atom stereocenters. The van der Waals surface area contributed by atoms with Crippen LogP contribution in [-0.4, -0.2) is 62.6 Å². The molecule has 1 fully saturated rings. The Kier molecular flexibility index (Phi) is 7.87. The van der Waals surface area contributed by atoms with E-state index in [0.717, 1.165) is 19.3 Å². The molecule has 1 aliphatic heterocycles. The van der Waals surface area contributed by atoms with Crippen molar-refractivity contribution >= 4 is 27.1 Å². The van der Waals surface area contributed by atoms with E-state index in [9.17, 15) is 18.5 Å². The Labute approximate surface area is 202 Å². The molecule has 4 rings (SSSR count). The summed E-state index contributed by atoms with van der Waals surface area (Å²) in [7, 11) is -3.75. The predicted octanol–water partition coefficient (Wildman–Crippen LogP) is 3.14. The molecule has 1 aromatic heterocycles. The summed E-state index contributed by atoms with van der Waals surface area (Å²) in [6.07, 6.45) is 1.09. The highest BCUT2D eigenvalue weighted by molar-refractivity contribution is 7.89. The van der Waals surface area contributed by atoms with Crippen molar-refractivity contribution in [1.82, 2.24) is 14.6 Å². The van der Waals surface area contributed by atoms with E-state index in [1.807, 2.05) is 6.07 Å². The summed E-state index contributed by atoms with van der Waals surface area (Å²) in [5, 5.41) is 14.4. The smallest absolute Gasteiger partial charge is 0.311 e. The number of morpholine rings is 1. The van der Waals surface area contributed by atoms with Gasteiger partial charge in [0.25, 0.3) is 0 Å². The molecule has 0 amide bonds. The summed E-state index contributed by atoms with van der Waals surface area (Å²) in [5.41, 5.74) is 0.630. The SMILES string of the molecule is O=[N+]([O-])c1cnc(Oc2cccc(S(=O)(=O)NCCN3CCOCC3)c2)cc1Nc1ccccc1. The summed E-state index contributed by atoms with van der Waals surface area (Å²) in [4.78, 5) is 17.1. The van der Waals surface area contributed by atoms with Gasteiger partial charge >= 0.3 is 5.69 Å². The minimum absolute atomic E-state index is 0.0431. The fourth-order valence-corrected chi connectivity index (χ4v) is 4.53. The van der Waals surface area contributed by atoms with Crippen LogP contribution >= 0.6 is 0 Å². The summed E-state index contributed by atoms with van der Waals surface area (Å²) in [5.74, 6) is 0.303. The third-order valence-corrected chi connectivity index (χ3v) is 6.73. The number of para-hydroxylation sites is 1. The van der Waals surface area contributed by atoms with Crippen LogP contribution in [-0.2, 0) is 14.8 Å². The number of hydrogen-bond acceptors (Lipinski definition) is 9. The molecule has 0 atom stereocenters. The Balaban J connectivity index is 1.46. The topological polar surface area (TPSA) is 136 Å². The standard InChI is InChI=1S/C23H25N5O6S/c29-28(30)22-17-24-23(16-21(22)26-18-5-2-1-3-6-18)34-19-7-4-8-20(15-19)35(31,32)25-9-10-27-11-13-33-14-12-27/h1-8,15-17,25H,9-14H2,(H,24,26). The number of sulfonamides is 1. The monoisotopic (exact) mass is 499 g/mol. The Morgan fingerprint density at radius 2 is 1.86 bits per heavy atom. The van der Waals surface area contributed by atoms with Crippen molar-refractivity contribution < 1.29 is 22.8 Å². The summed E-state index contributed by atoms with van der Waals surface area (Å²) in [6.45, 7) is 3.69. The highest BCUT2D eigenvalue weighted by Crippen LogP contribution is 2.32. The molecule has 184 valence electrons. The van der Waals surface area contributed by atoms with E-state index >= 15 is 0 Å². The van der Waals surface area contributed by atoms with Gasteiger partial charge in [0.05, 0.1) is 23.0 Å². The molecular formula is C23H25N5O6S. The molecule has 2 heterocycles. The second kappa shape index (κ2) is 11.2. The maximum atomic E-state index is 12.7. The average molecular weight is 500 g/mol. The van der Waals surface area contributed by atoms with Gasteiger partial charge < -0.3 is 14.8 Å². The van der Waals surface area contributed by atoms with E-state index in [4.69, 9.17) is 9.47 Å². The zero-order chi connectivity index (χ0) is 24.7. The Bertz CT molecular complexity index is 1270. The molecule has 3 aromatic rings. The summed E-state index contributed by atoms with van der Waals surface area (Å²) in [6, 6.07) is 16.4. The number of aromatic nitrogens is 1. The Morgan fingerprint density at radius 1 is 1.09 bits per heavy atom. The quantitative estimate of drug-likeness (QED) is 0.318. The van der Waals surface area contributed by atoms with Gasteiger partial charge in [-0.2, -0.15) is 0 Å². The lowest BCUT2D eigenvalue weighted by Gasteiger charge is -2.26. The van der Waals surface area contributed by atoms with E-state index in [2.05, 4.69) is 19.9 Å². The van der Waals surface area contributed by atoms with E-state index in [1.165, 1.54) is 18.2 Å². The van der Waals surface area contributed by atoms with E-state index in [0.29, 0.717) is 25.4 Å². The van der Waals surface area contributed by atoms with Crippen LogP contribution in [0.4, 0.5) is 17.1 Å². The van der Waals surface area contributed by atoms with Gasteiger partial charge in [0, 0.05) is 44.0 Å². The number of anilines is 2. The summed E-state index contributed by atoms with van der Waals surface area (Å²) < 4.78 is 39.1. The van der Waals surface area contributed by atoms with Gasteiger partial charge in [-0.1, -0.05) is 24.3 Å². The van der Waals surface area contributed by atoms with Gasteiger partial charge in [0.1, 0.15) is 17.6 Å². The zero-order valence-electron chi connectivity index (χ0n) is 18.8. The molecular weight excluding hydrogens is 474 g/mol. The number of nitrogens with zero attached hydrogens (tertiary/aromatic N) is 3. The van der Waals surface area contributed by atoms with Crippen LogP contribution < -0.4 is 14.8 Å². The van der Waals surface area contributed by atoms with Gasteiger partial charge in [-0.15, -0.1) is 0 Å². The molecule has 12 heteroatoms. The molecule has 0 saturated carbocycles. The van der Waals surface area contributed by atoms with Crippen molar-refractivity contribution in [3.8, 4) is 11.6 Å². The number of ether oxygens (including phenoxy) is 2. The first-order valence-electron chi connectivity index (χ1n) is 10.9. The molecule has 0 bridgehead atoms. The number of hydrogen-bond donors (Lipinski definition) is 2. The first-order valence-corrected chi connectivity index (χ1v) is 12.4. The molecule has 2 aromatic carbocycles. The normalized spacial score (nSPS) is 14.4. The largest absolute Gasteiger partial charge is 0.439 e. The van der Waals surface area contributed by atoms with Crippen LogP contribution in [0.2, 0.25) is 0 Å². The molecule has 35 heavy (non-hydrogen) atoms. The van der Waals surface area contributed by atoms with Crippen molar-refractivity contribution in [2.75, 3.05) is 44.7 Å². The van der Waals surface area contributed by atoms with Gasteiger partial charge in [0.2, 0.25) is 15.9 Å². The number of nitrogens with one attached hydrogen (secondary N) is 2. The van der Waals surface area contributed by atoms with E-state index in [1.54, 1.807) is 36.4 Å². The molecule has 1 aliphatic rings. The Morgan fingerprint density at radius 3 is 2.60 bits per heavy atom. The first kappa shape index (κ1) is 24.5. The number of pyridine rings is 1. The van der Waals surface area contributed by atoms with Crippen LogP contribution in [0.5, 0.6) is 11.6 Å². The van der Waals surface area contributed by atoms with Crippen LogP contribution in [0.25, 0.3) is 0 Å². The third kappa shape index (κ3) is 6.73. The number of benzene rings is 2.